The first kappa shape index (κ1) is 17.1. The third-order valence-corrected chi connectivity index (χ3v) is 5.44. The van der Waals surface area contributed by atoms with E-state index < -0.39 is 0 Å². The van der Waals surface area contributed by atoms with E-state index in [2.05, 4.69) is 33.4 Å². The Bertz CT molecular complexity index is 923. The molecular weight excluding hydrogens is 366 g/mol. The molecular formula is C20H18ClN3OS. The summed E-state index contributed by atoms with van der Waals surface area (Å²) in [7, 11) is 0. The number of nitrogens with zero attached hydrogens (tertiary/aromatic N) is 2. The van der Waals surface area contributed by atoms with Crippen molar-refractivity contribution >= 4 is 39.7 Å². The van der Waals surface area contributed by atoms with Crippen LogP contribution < -0.4 is 10.2 Å². The lowest BCUT2D eigenvalue weighted by molar-refractivity contribution is -0.115. The second kappa shape index (κ2) is 7.48. The summed E-state index contributed by atoms with van der Waals surface area (Å²) in [6.07, 6.45) is 2.15. The zero-order chi connectivity index (χ0) is 17.9. The van der Waals surface area contributed by atoms with Crippen LogP contribution in [0.25, 0.3) is 11.3 Å². The Hall–Kier alpha value is -2.37. The molecule has 0 aliphatic carbocycles. The van der Waals surface area contributed by atoms with E-state index in [1.165, 1.54) is 16.9 Å². The number of hydrogen-bond acceptors (Lipinski definition) is 4. The number of anilines is 2. The molecule has 1 aliphatic rings. The van der Waals surface area contributed by atoms with Gasteiger partial charge in [-0.15, -0.1) is 11.3 Å². The van der Waals surface area contributed by atoms with Gasteiger partial charge in [0.15, 0.2) is 5.13 Å². The number of fused-ring (bicyclic) bond motifs is 1. The van der Waals surface area contributed by atoms with Gasteiger partial charge in [-0.2, -0.15) is 0 Å². The summed E-state index contributed by atoms with van der Waals surface area (Å²) in [5.74, 6) is -0.0429. The number of aromatic nitrogens is 1. The maximum atomic E-state index is 12.5. The third-order valence-electron chi connectivity index (χ3n) is 4.43. The van der Waals surface area contributed by atoms with Crippen LogP contribution in [0.4, 0.5) is 10.8 Å². The highest BCUT2D eigenvalue weighted by Gasteiger charge is 2.19. The summed E-state index contributed by atoms with van der Waals surface area (Å²) in [6, 6.07) is 15.8. The van der Waals surface area contributed by atoms with Gasteiger partial charge in [0.2, 0.25) is 5.91 Å². The van der Waals surface area contributed by atoms with Crippen LogP contribution in [-0.4, -0.2) is 24.0 Å². The monoisotopic (exact) mass is 383 g/mol. The van der Waals surface area contributed by atoms with Crippen molar-refractivity contribution in [1.82, 2.24) is 4.98 Å². The van der Waals surface area contributed by atoms with Crippen molar-refractivity contribution in [3.63, 3.8) is 0 Å². The van der Waals surface area contributed by atoms with Crippen molar-refractivity contribution in [2.24, 2.45) is 0 Å². The molecule has 0 atom stereocenters. The Labute approximate surface area is 161 Å². The molecule has 2 heterocycles. The number of thiazole rings is 1. The first-order valence-electron chi connectivity index (χ1n) is 8.53. The highest BCUT2D eigenvalue weighted by Crippen LogP contribution is 2.28. The van der Waals surface area contributed by atoms with E-state index in [1.54, 1.807) is 0 Å². The van der Waals surface area contributed by atoms with Gasteiger partial charge in [-0.05, 0) is 36.6 Å². The Kier molecular flexibility index (Phi) is 4.91. The van der Waals surface area contributed by atoms with Gasteiger partial charge >= 0.3 is 0 Å². The van der Waals surface area contributed by atoms with Gasteiger partial charge in [0.05, 0.1) is 12.2 Å². The number of carbonyl (C=O) groups excluding carboxylic acids is 1. The van der Waals surface area contributed by atoms with Gasteiger partial charge < -0.3 is 10.2 Å². The summed E-state index contributed by atoms with van der Waals surface area (Å²) in [4.78, 5) is 19.1. The number of para-hydroxylation sites is 1. The van der Waals surface area contributed by atoms with E-state index in [0.29, 0.717) is 16.7 Å². The molecule has 4 rings (SSSR count). The number of benzene rings is 2. The lowest BCUT2D eigenvalue weighted by atomic mass is 10.0. The second-order valence-electron chi connectivity index (χ2n) is 6.25. The molecule has 0 unspecified atom stereocenters. The SMILES string of the molecule is O=C(CN1CCCc2ccccc21)Nc1nc(-c2ccc(Cl)cc2)cs1. The highest BCUT2D eigenvalue weighted by atomic mass is 35.5. The summed E-state index contributed by atoms with van der Waals surface area (Å²) in [5.41, 5.74) is 4.29. The molecule has 0 bridgehead atoms. The second-order valence-corrected chi connectivity index (χ2v) is 7.54. The molecule has 2 aromatic carbocycles. The fourth-order valence-corrected chi connectivity index (χ4v) is 4.05. The zero-order valence-corrected chi connectivity index (χ0v) is 15.7. The molecule has 4 nitrogen and oxygen atoms in total. The molecule has 0 radical (unpaired) electrons. The smallest absolute Gasteiger partial charge is 0.245 e. The molecule has 0 fully saturated rings. The van der Waals surface area contributed by atoms with E-state index in [4.69, 9.17) is 11.6 Å². The number of hydrogen-bond donors (Lipinski definition) is 1. The topological polar surface area (TPSA) is 45.2 Å². The van der Waals surface area contributed by atoms with Crippen molar-refractivity contribution in [3.8, 4) is 11.3 Å². The molecule has 0 saturated heterocycles. The van der Waals surface area contributed by atoms with Crippen molar-refractivity contribution in [2.75, 3.05) is 23.3 Å². The zero-order valence-electron chi connectivity index (χ0n) is 14.1. The average molecular weight is 384 g/mol. The van der Waals surface area contributed by atoms with Crippen LogP contribution in [0.5, 0.6) is 0 Å². The molecule has 26 heavy (non-hydrogen) atoms. The maximum Gasteiger partial charge on any atom is 0.245 e. The molecule has 0 saturated carbocycles. The third kappa shape index (κ3) is 3.74. The lowest BCUT2D eigenvalue weighted by Crippen LogP contribution is -2.36. The summed E-state index contributed by atoms with van der Waals surface area (Å²) < 4.78 is 0. The van der Waals surface area contributed by atoms with Crippen LogP contribution in [-0.2, 0) is 11.2 Å². The van der Waals surface area contributed by atoms with Gasteiger partial charge in [0.25, 0.3) is 0 Å². The van der Waals surface area contributed by atoms with Gasteiger partial charge in [-0.25, -0.2) is 4.98 Å². The minimum atomic E-state index is -0.0429. The van der Waals surface area contributed by atoms with Crippen LogP contribution in [0.15, 0.2) is 53.9 Å². The largest absolute Gasteiger partial charge is 0.362 e. The normalized spacial score (nSPS) is 13.3. The fourth-order valence-electron chi connectivity index (χ4n) is 3.19. The van der Waals surface area contributed by atoms with E-state index in [1.807, 2.05) is 35.7 Å². The predicted octanol–water partition coefficient (Wildman–Crippen LogP) is 4.85. The molecule has 0 spiro atoms. The standard InChI is InChI=1S/C20H18ClN3OS/c21-16-9-7-14(8-10-16)17-13-26-20(22-17)23-19(25)12-24-11-3-5-15-4-1-2-6-18(15)24/h1-2,4,6-10,13H,3,5,11-12H2,(H,22,23,25). The number of halogens is 1. The molecule has 1 amide bonds. The number of amides is 1. The quantitative estimate of drug-likeness (QED) is 0.700. The summed E-state index contributed by atoms with van der Waals surface area (Å²) in [6.45, 7) is 1.24. The van der Waals surface area contributed by atoms with Gasteiger partial charge in [-0.3, -0.25) is 4.79 Å². The Morgan fingerprint density at radius 3 is 2.85 bits per heavy atom. The maximum absolute atomic E-state index is 12.5. The summed E-state index contributed by atoms with van der Waals surface area (Å²) >= 11 is 7.35. The minimum absolute atomic E-state index is 0.0429. The molecule has 1 aliphatic heterocycles. The van der Waals surface area contributed by atoms with Crippen molar-refractivity contribution in [2.45, 2.75) is 12.8 Å². The Morgan fingerprint density at radius 1 is 1.19 bits per heavy atom. The van der Waals surface area contributed by atoms with Gasteiger partial charge in [0, 0.05) is 28.2 Å². The predicted molar refractivity (Wildman–Crippen MR) is 108 cm³/mol. The molecule has 3 aromatic rings. The molecule has 1 aromatic heterocycles. The average Bonchev–Trinajstić information content (AvgIpc) is 3.11. The number of nitrogens with one attached hydrogen (secondary N) is 1. The van der Waals surface area contributed by atoms with E-state index in [9.17, 15) is 4.79 Å². The molecule has 1 N–H and O–H groups in total. The molecule has 132 valence electrons. The number of rotatable bonds is 4. The first-order chi connectivity index (χ1) is 12.7. The fraction of sp³-hybridized carbons (Fsp3) is 0.200. The van der Waals surface area contributed by atoms with Crippen LogP contribution in [0.2, 0.25) is 5.02 Å². The Morgan fingerprint density at radius 2 is 2.00 bits per heavy atom. The van der Waals surface area contributed by atoms with Crippen LogP contribution in [0.3, 0.4) is 0 Å². The first-order valence-corrected chi connectivity index (χ1v) is 9.79. The van der Waals surface area contributed by atoms with Crippen LogP contribution in [0, 0.1) is 0 Å². The van der Waals surface area contributed by atoms with Crippen molar-refractivity contribution in [1.29, 1.82) is 0 Å². The highest BCUT2D eigenvalue weighted by molar-refractivity contribution is 7.14. The summed E-state index contributed by atoms with van der Waals surface area (Å²) in [5, 5.41) is 6.17. The lowest BCUT2D eigenvalue weighted by Gasteiger charge is -2.30. The van der Waals surface area contributed by atoms with Gasteiger partial charge in [0.1, 0.15) is 0 Å². The number of aryl methyl sites for hydroxylation is 1. The minimum Gasteiger partial charge on any atom is -0.362 e. The van der Waals surface area contributed by atoms with Crippen molar-refractivity contribution in [3.05, 3.63) is 64.5 Å². The number of carbonyl (C=O) groups is 1. The van der Waals surface area contributed by atoms with Gasteiger partial charge in [-0.1, -0.05) is 41.9 Å². The van der Waals surface area contributed by atoms with E-state index >= 15 is 0 Å². The molecule has 6 heteroatoms. The van der Waals surface area contributed by atoms with E-state index in [-0.39, 0.29) is 5.91 Å². The van der Waals surface area contributed by atoms with Crippen molar-refractivity contribution < 1.29 is 4.79 Å². The van der Waals surface area contributed by atoms with E-state index in [0.717, 1.165) is 36.3 Å². The van der Waals surface area contributed by atoms with Crippen LogP contribution in [0.1, 0.15) is 12.0 Å². The Balaban J connectivity index is 1.42. The van der Waals surface area contributed by atoms with Crippen LogP contribution >= 0.6 is 22.9 Å².